The van der Waals surface area contributed by atoms with Crippen molar-refractivity contribution in [3.05, 3.63) is 0 Å². The van der Waals surface area contributed by atoms with Crippen molar-refractivity contribution in [3.8, 4) is 0 Å². The quantitative estimate of drug-likeness (QED) is 0.138. The Morgan fingerprint density at radius 3 is 1.69 bits per heavy atom. The summed E-state index contributed by atoms with van der Waals surface area (Å²) in [5.41, 5.74) is 0. The Balaban J connectivity index is 4.42. The first-order chi connectivity index (χ1) is 13.7. The Morgan fingerprint density at radius 2 is 1.24 bits per heavy atom. The highest BCUT2D eigenvalue weighted by Crippen LogP contribution is 2.61. The molecule has 29 heavy (non-hydrogen) atoms. The van der Waals surface area contributed by atoms with Gasteiger partial charge in [-0.25, -0.2) is 0 Å². The number of carbonyl (C=O) groups excluding carboxylic acids is 1. The van der Waals surface area contributed by atoms with Gasteiger partial charge in [0.2, 0.25) is 5.91 Å². The Labute approximate surface area is 178 Å². The summed E-state index contributed by atoms with van der Waals surface area (Å²) in [5.74, 6) is -3.38. The predicted molar refractivity (Wildman–Crippen MR) is 122 cm³/mol. The Morgan fingerprint density at radius 1 is 0.793 bits per heavy atom. The van der Waals surface area contributed by atoms with Crippen LogP contribution >= 0.6 is 7.26 Å². The van der Waals surface area contributed by atoms with E-state index in [-0.39, 0.29) is 31.6 Å². The number of aliphatic hydroxyl groups is 2. The first kappa shape index (κ1) is 28.3. The summed E-state index contributed by atoms with van der Waals surface area (Å²) in [6.07, 6.45) is 13.2. The first-order valence-corrected chi connectivity index (χ1v) is 14.0. The number of nitrogens with one attached hydrogen (secondary N) is 1. The zero-order valence-corrected chi connectivity index (χ0v) is 19.8. The van der Waals surface area contributed by atoms with Gasteiger partial charge in [-0.15, -0.1) is 0 Å². The maximum Gasteiger partial charge on any atom is 0.303 e. The van der Waals surface area contributed by atoms with E-state index in [1.54, 1.807) is 0 Å². The molecule has 6 nitrogen and oxygen atoms in total. The van der Waals surface area contributed by atoms with Crippen LogP contribution in [-0.4, -0.2) is 64.2 Å². The number of rotatable bonds is 19. The van der Waals surface area contributed by atoms with Crippen LogP contribution in [0.4, 0.5) is 0 Å². The fraction of sp³-hybridized carbons (Fsp3) is 0.909. The lowest BCUT2D eigenvalue weighted by Crippen LogP contribution is -2.33. The highest BCUT2D eigenvalue weighted by molar-refractivity contribution is 7.75. The molecule has 0 aromatic rings. The van der Waals surface area contributed by atoms with E-state index >= 15 is 0 Å². The molecule has 0 fully saturated rings. The monoisotopic (exact) mass is 434 g/mol. The van der Waals surface area contributed by atoms with Crippen molar-refractivity contribution in [2.75, 3.05) is 31.2 Å². The second kappa shape index (κ2) is 16.0. The van der Waals surface area contributed by atoms with E-state index in [0.29, 0.717) is 6.54 Å². The second-order valence-corrected chi connectivity index (χ2v) is 12.8. The maximum atomic E-state index is 12.0. The van der Waals surface area contributed by atoms with Crippen molar-refractivity contribution < 1.29 is 24.9 Å². The zero-order valence-electron chi connectivity index (χ0n) is 18.9. The van der Waals surface area contributed by atoms with Crippen LogP contribution in [0.1, 0.15) is 91.4 Å². The van der Waals surface area contributed by atoms with Gasteiger partial charge in [-0.05, 0) is 25.7 Å². The molecule has 0 saturated carbocycles. The van der Waals surface area contributed by atoms with E-state index in [4.69, 9.17) is 5.11 Å². The van der Waals surface area contributed by atoms with Crippen LogP contribution in [-0.2, 0) is 9.59 Å². The van der Waals surface area contributed by atoms with Crippen molar-refractivity contribution in [1.82, 2.24) is 5.32 Å². The Kier molecular flexibility index (Phi) is 15.6. The van der Waals surface area contributed by atoms with Gasteiger partial charge >= 0.3 is 5.97 Å². The highest BCUT2D eigenvalue weighted by Gasteiger charge is 2.34. The molecule has 0 unspecified atom stereocenters. The first-order valence-electron chi connectivity index (χ1n) is 11.5. The van der Waals surface area contributed by atoms with Crippen molar-refractivity contribution in [1.29, 1.82) is 0 Å². The Hall–Kier alpha value is -0.710. The van der Waals surface area contributed by atoms with Gasteiger partial charge in [-0.3, -0.25) is 9.59 Å². The molecule has 1 amide bonds. The van der Waals surface area contributed by atoms with Gasteiger partial charge in [0.25, 0.3) is 0 Å². The molecule has 0 atom stereocenters. The minimum Gasteiger partial charge on any atom is -0.481 e. The summed E-state index contributed by atoms with van der Waals surface area (Å²) in [6, 6.07) is 0. The lowest BCUT2D eigenvalue weighted by Gasteiger charge is -2.28. The summed E-state index contributed by atoms with van der Waals surface area (Å²) in [6.45, 7) is 7.40. The molecular weight excluding hydrogens is 389 g/mol. The van der Waals surface area contributed by atoms with Gasteiger partial charge in [0.05, 0.1) is 31.1 Å². The normalized spacial score (nSPS) is 12.2. The number of unbranched alkanes of at least 4 members (excludes halogenated alkanes) is 3. The van der Waals surface area contributed by atoms with Crippen LogP contribution in [0.5, 0.6) is 0 Å². The lowest BCUT2D eigenvalue weighted by molar-refractivity contribution is -0.177. The second-order valence-electron chi connectivity index (χ2n) is 8.38. The van der Waals surface area contributed by atoms with E-state index in [0.717, 1.165) is 6.42 Å². The van der Waals surface area contributed by atoms with Crippen molar-refractivity contribution in [3.63, 3.8) is 0 Å². The van der Waals surface area contributed by atoms with Crippen LogP contribution in [0.15, 0.2) is 0 Å². The average molecular weight is 435 g/mol. The van der Waals surface area contributed by atoms with E-state index < -0.39 is 19.0 Å². The molecule has 0 aliphatic heterocycles. The summed E-state index contributed by atoms with van der Waals surface area (Å²) < 4.78 is 0. The predicted octanol–water partition coefficient (Wildman–Crippen LogP) is 4.24. The fourth-order valence-electron chi connectivity index (χ4n) is 3.63. The highest BCUT2D eigenvalue weighted by atomic mass is 31.2. The number of carboxylic acids is 1. The number of carbonyl (C=O) groups is 2. The number of aliphatic carboxylic acids is 1. The number of carboxylic acid groups (broad SMARTS) is 1. The smallest absolute Gasteiger partial charge is 0.303 e. The molecule has 0 bridgehead atoms. The minimum absolute atomic E-state index is 0.00555. The maximum absolute atomic E-state index is 12.0. The molecule has 4 N–H and O–H groups in total. The van der Waals surface area contributed by atoms with E-state index in [1.807, 2.05) is 0 Å². The van der Waals surface area contributed by atoms with E-state index in [1.165, 1.54) is 63.2 Å². The Bertz CT molecular complexity index is 435. The van der Waals surface area contributed by atoms with Gasteiger partial charge in [0.15, 0.2) is 5.79 Å². The van der Waals surface area contributed by atoms with Gasteiger partial charge in [0, 0.05) is 33.1 Å². The molecule has 7 heteroatoms. The summed E-state index contributed by atoms with van der Waals surface area (Å²) in [4.78, 5) is 22.6. The molecule has 0 aliphatic carbocycles. The molecule has 0 aromatic carbocycles. The SMILES string of the molecule is CCCC[P+](CCCC)(CCCC)CCCNC(=O)CCC(O)(O)CCC(=O)O. The molecule has 0 heterocycles. The zero-order chi connectivity index (χ0) is 22.2. The average Bonchev–Trinajstić information content (AvgIpc) is 2.69. The third-order valence-corrected chi connectivity index (χ3v) is 10.6. The summed E-state index contributed by atoms with van der Waals surface area (Å²) in [7, 11) is -0.953. The fourth-order valence-corrected chi connectivity index (χ4v) is 8.76. The van der Waals surface area contributed by atoms with Crippen LogP contribution < -0.4 is 5.32 Å². The van der Waals surface area contributed by atoms with Crippen molar-refractivity contribution >= 4 is 19.1 Å². The number of hydrogen-bond acceptors (Lipinski definition) is 4. The van der Waals surface area contributed by atoms with Crippen LogP contribution in [0.3, 0.4) is 0 Å². The van der Waals surface area contributed by atoms with Gasteiger partial charge in [0.1, 0.15) is 0 Å². The van der Waals surface area contributed by atoms with Crippen molar-refractivity contribution in [2.24, 2.45) is 0 Å². The molecule has 0 saturated heterocycles. The van der Waals surface area contributed by atoms with E-state index in [2.05, 4.69) is 26.1 Å². The van der Waals surface area contributed by atoms with Crippen molar-refractivity contribution in [2.45, 2.75) is 97.2 Å². The molecular formula is C22H45NO5P+. The molecule has 0 radical (unpaired) electrons. The molecule has 0 rings (SSSR count). The molecule has 0 aliphatic rings. The lowest BCUT2D eigenvalue weighted by atomic mass is 10.0. The third-order valence-electron chi connectivity index (χ3n) is 5.58. The molecule has 0 aromatic heterocycles. The number of hydrogen-bond donors (Lipinski definition) is 4. The van der Waals surface area contributed by atoms with Gasteiger partial charge in [-0.1, -0.05) is 40.0 Å². The van der Waals surface area contributed by atoms with Crippen LogP contribution in [0.2, 0.25) is 0 Å². The van der Waals surface area contributed by atoms with Gasteiger partial charge in [-0.2, -0.15) is 0 Å². The van der Waals surface area contributed by atoms with Gasteiger partial charge < -0.3 is 20.6 Å². The summed E-state index contributed by atoms with van der Waals surface area (Å²) in [5, 5.41) is 31.0. The largest absolute Gasteiger partial charge is 0.481 e. The van der Waals surface area contributed by atoms with Crippen LogP contribution in [0.25, 0.3) is 0 Å². The standard InChI is InChI=1S/C22H44NO5P/c1-4-7-16-29(17-8-5-2,18-9-6-3)19-10-15-23-20(24)11-13-22(27,28)14-12-21(25)26/h27-28H,4-19H2,1-3H3,(H-,23,24,25,26)/p+1. The minimum atomic E-state index is -2.10. The summed E-state index contributed by atoms with van der Waals surface area (Å²) >= 11 is 0. The van der Waals surface area contributed by atoms with E-state index in [9.17, 15) is 19.8 Å². The third kappa shape index (κ3) is 14.8. The van der Waals surface area contributed by atoms with Crippen LogP contribution in [0, 0.1) is 0 Å². The molecule has 172 valence electrons. The molecule has 0 spiro atoms. The number of amides is 1. The topological polar surface area (TPSA) is 107 Å².